The fourth-order valence-corrected chi connectivity index (χ4v) is 5.02. The first-order chi connectivity index (χ1) is 16.6. The quantitative estimate of drug-likeness (QED) is 0.297. The summed E-state index contributed by atoms with van der Waals surface area (Å²) < 4.78 is 6.33. The van der Waals surface area contributed by atoms with E-state index in [4.69, 9.17) is 4.74 Å². The molecule has 0 saturated carbocycles. The van der Waals surface area contributed by atoms with Gasteiger partial charge in [-0.15, -0.1) is 12.4 Å². The molecule has 0 aromatic heterocycles. The molecule has 4 aromatic carbocycles. The van der Waals surface area contributed by atoms with E-state index in [1.165, 1.54) is 16.3 Å². The van der Waals surface area contributed by atoms with Crippen LogP contribution in [0.1, 0.15) is 45.0 Å². The highest BCUT2D eigenvalue weighted by atomic mass is 35.5. The zero-order chi connectivity index (χ0) is 23.5. The zero-order valence-electron chi connectivity index (χ0n) is 19.7. The summed E-state index contributed by atoms with van der Waals surface area (Å²) in [7, 11) is 0. The summed E-state index contributed by atoms with van der Waals surface area (Å²) in [5.74, 6) is 0.108. The molecule has 1 aliphatic rings. The smallest absolute Gasteiger partial charge is 0.335 e. The van der Waals surface area contributed by atoms with E-state index in [0.717, 1.165) is 48.4 Å². The molecule has 0 radical (unpaired) electrons. The van der Waals surface area contributed by atoms with Gasteiger partial charge in [0.05, 0.1) is 5.56 Å². The average Bonchev–Trinajstić information content (AvgIpc) is 2.86. The summed E-state index contributed by atoms with van der Waals surface area (Å²) >= 11 is 0. The van der Waals surface area contributed by atoms with Gasteiger partial charge >= 0.3 is 5.97 Å². The number of carboxylic acids is 1. The number of carbonyl (C=O) groups is 1. The van der Waals surface area contributed by atoms with E-state index in [0.29, 0.717) is 5.56 Å². The van der Waals surface area contributed by atoms with Crippen LogP contribution < -0.4 is 10.1 Å². The Kier molecular flexibility index (Phi) is 7.74. The lowest BCUT2D eigenvalue weighted by Crippen LogP contribution is -2.36. The number of hydrogen-bond acceptors (Lipinski definition) is 3. The molecule has 0 aliphatic carbocycles. The number of carboxylic acid groups (broad SMARTS) is 1. The van der Waals surface area contributed by atoms with Gasteiger partial charge in [-0.05, 0) is 65.9 Å². The first-order valence-corrected chi connectivity index (χ1v) is 11.9. The predicted octanol–water partition coefficient (Wildman–Crippen LogP) is 6.38. The maximum Gasteiger partial charge on any atom is 0.335 e. The van der Waals surface area contributed by atoms with Crippen LogP contribution >= 0.6 is 12.4 Å². The van der Waals surface area contributed by atoms with Gasteiger partial charge in [-0.3, -0.25) is 0 Å². The molecule has 5 heteroatoms. The lowest BCUT2D eigenvalue weighted by atomic mass is 9.83. The Morgan fingerprint density at radius 3 is 2.63 bits per heavy atom. The Morgan fingerprint density at radius 2 is 1.77 bits per heavy atom. The van der Waals surface area contributed by atoms with Crippen LogP contribution in [-0.4, -0.2) is 30.3 Å². The minimum Gasteiger partial charge on any atom is -0.489 e. The predicted molar refractivity (Wildman–Crippen MR) is 143 cm³/mol. The van der Waals surface area contributed by atoms with Gasteiger partial charge in [0.25, 0.3) is 0 Å². The molecule has 0 fully saturated rings. The number of aromatic carboxylic acids is 1. The minimum atomic E-state index is -0.883. The number of benzene rings is 4. The van der Waals surface area contributed by atoms with Crippen molar-refractivity contribution in [3.63, 3.8) is 0 Å². The molecule has 4 aromatic rings. The Bertz CT molecular complexity index is 1330. The summed E-state index contributed by atoms with van der Waals surface area (Å²) in [6.07, 6.45) is 1.77. The number of ether oxygens (including phenoxy) is 1. The van der Waals surface area contributed by atoms with Crippen molar-refractivity contribution >= 4 is 29.1 Å². The number of rotatable bonds is 7. The van der Waals surface area contributed by atoms with Gasteiger partial charge in [0.2, 0.25) is 0 Å². The molecule has 0 saturated heterocycles. The summed E-state index contributed by atoms with van der Waals surface area (Å²) in [5, 5.41) is 15.8. The van der Waals surface area contributed by atoms with Crippen LogP contribution in [0.2, 0.25) is 0 Å². The second-order valence-electron chi connectivity index (χ2n) is 9.04. The molecule has 4 nitrogen and oxygen atoms in total. The first-order valence-electron chi connectivity index (χ1n) is 11.9. The lowest BCUT2D eigenvalue weighted by molar-refractivity contribution is 0.0696. The van der Waals surface area contributed by atoms with E-state index < -0.39 is 5.97 Å². The number of nitrogens with one attached hydrogen (secondary N) is 1. The van der Waals surface area contributed by atoms with E-state index >= 15 is 0 Å². The van der Waals surface area contributed by atoms with Gasteiger partial charge < -0.3 is 15.2 Å². The first kappa shape index (κ1) is 24.8. The van der Waals surface area contributed by atoms with E-state index in [-0.39, 0.29) is 24.4 Å². The van der Waals surface area contributed by atoms with E-state index in [1.807, 2.05) is 37.3 Å². The minimum absolute atomic E-state index is 0. The molecule has 180 valence electrons. The Hall–Kier alpha value is -3.34. The van der Waals surface area contributed by atoms with Gasteiger partial charge in [0, 0.05) is 18.0 Å². The van der Waals surface area contributed by atoms with Crippen molar-refractivity contribution in [2.45, 2.75) is 31.8 Å². The van der Waals surface area contributed by atoms with Crippen molar-refractivity contribution < 1.29 is 14.6 Å². The van der Waals surface area contributed by atoms with Crippen LogP contribution in [0.15, 0.2) is 84.9 Å². The highest BCUT2D eigenvalue weighted by molar-refractivity contribution is 5.89. The zero-order valence-corrected chi connectivity index (χ0v) is 20.6. The summed E-state index contributed by atoms with van der Waals surface area (Å²) in [5.41, 5.74) is 4.64. The Balaban J connectivity index is 0.00000289. The third-order valence-corrected chi connectivity index (χ3v) is 6.80. The van der Waals surface area contributed by atoms with E-state index in [1.54, 1.807) is 0 Å². The van der Waals surface area contributed by atoms with Gasteiger partial charge in [-0.25, -0.2) is 4.79 Å². The number of aryl methyl sites for hydroxylation is 1. The van der Waals surface area contributed by atoms with Crippen molar-refractivity contribution in [3.8, 4) is 5.75 Å². The molecular formula is C30H30ClNO3. The Labute approximate surface area is 212 Å². The van der Waals surface area contributed by atoms with Crippen LogP contribution in [-0.2, 0) is 6.42 Å². The summed E-state index contributed by atoms with van der Waals surface area (Å²) in [4.78, 5) is 11.7. The highest BCUT2D eigenvalue weighted by Gasteiger charge is 2.29. The number of hydrogen-bond donors (Lipinski definition) is 2. The number of para-hydroxylation sites is 1. The van der Waals surface area contributed by atoms with Crippen LogP contribution in [0.4, 0.5) is 0 Å². The molecule has 2 N–H and O–H groups in total. The van der Waals surface area contributed by atoms with Crippen molar-refractivity contribution in [2.24, 2.45) is 0 Å². The van der Waals surface area contributed by atoms with E-state index in [2.05, 4.69) is 59.9 Å². The summed E-state index contributed by atoms with van der Waals surface area (Å²) in [6.45, 7) is 3.45. The number of fused-ring (bicyclic) bond motifs is 2. The van der Waals surface area contributed by atoms with Crippen molar-refractivity contribution in [3.05, 3.63) is 113 Å². The second-order valence-corrected chi connectivity index (χ2v) is 9.04. The molecule has 0 spiro atoms. The van der Waals surface area contributed by atoms with Crippen LogP contribution in [0.3, 0.4) is 0 Å². The average molecular weight is 488 g/mol. The molecule has 35 heavy (non-hydrogen) atoms. The molecule has 0 unspecified atom stereocenters. The normalized spacial score (nSPS) is 16.7. The van der Waals surface area contributed by atoms with Gasteiger partial charge in [0.1, 0.15) is 11.9 Å². The molecule has 0 amide bonds. The van der Waals surface area contributed by atoms with Crippen molar-refractivity contribution in [1.29, 1.82) is 0 Å². The van der Waals surface area contributed by atoms with Crippen LogP contribution in [0, 0.1) is 6.92 Å². The monoisotopic (exact) mass is 487 g/mol. The van der Waals surface area contributed by atoms with Gasteiger partial charge in [-0.2, -0.15) is 0 Å². The third-order valence-electron chi connectivity index (χ3n) is 6.80. The second kappa shape index (κ2) is 10.9. The molecular weight excluding hydrogens is 458 g/mol. The molecule has 1 aliphatic heterocycles. The maximum absolute atomic E-state index is 11.7. The van der Waals surface area contributed by atoms with Crippen molar-refractivity contribution in [1.82, 2.24) is 5.32 Å². The molecule has 2 atom stereocenters. The molecule has 0 bridgehead atoms. The SMILES string of the molecule is Cc1ccc([C@@H]2C[C@H](CNCCc3cccc4ccccc34)Oc3ccccc32)cc1C(=O)O.Cl. The Morgan fingerprint density at radius 1 is 1.00 bits per heavy atom. The molecule has 5 rings (SSSR count). The third kappa shape index (κ3) is 5.34. The fraction of sp³-hybridized carbons (Fsp3) is 0.233. The van der Waals surface area contributed by atoms with E-state index in [9.17, 15) is 9.90 Å². The number of halogens is 1. The van der Waals surface area contributed by atoms with Crippen LogP contribution in [0.25, 0.3) is 10.8 Å². The van der Waals surface area contributed by atoms with Crippen LogP contribution in [0.5, 0.6) is 5.75 Å². The topological polar surface area (TPSA) is 58.6 Å². The van der Waals surface area contributed by atoms with Gasteiger partial charge in [-0.1, -0.05) is 72.8 Å². The maximum atomic E-state index is 11.7. The fourth-order valence-electron chi connectivity index (χ4n) is 5.02. The lowest BCUT2D eigenvalue weighted by Gasteiger charge is -2.33. The standard InChI is InChI=1S/C30H29NO3.ClH/c1-20-13-14-23(17-27(20)30(32)33)28-18-24(34-29-12-5-4-11-26(28)29)19-31-16-15-22-9-6-8-21-7-2-3-10-25(21)22;/h2-14,17,24,28,31H,15-16,18-19H2,1H3,(H,32,33);1H/t24-,28+;/m1./s1. The largest absolute Gasteiger partial charge is 0.489 e. The molecule has 1 heterocycles. The van der Waals surface area contributed by atoms with Crippen molar-refractivity contribution in [2.75, 3.05) is 13.1 Å². The summed E-state index contributed by atoms with van der Waals surface area (Å²) in [6, 6.07) is 28.9. The highest BCUT2D eigenvalue weighted by Crippen LogP contribution is 2.40. The van der Waals surface area contributed by atoms with Gasteiger partial charge in [0.15, 0.2) is 0 Å².